The number of hydrogen-bond acceptors (Lipinski definition) is 6. The Morgan fingerprint density at radius 3 is 2.56 bits per heavy atom. The van der Waals surface area contributed by atoms with Gasteiger partial charge in [0.15, 0.2) is 6.61 Å². The molecule has 0 aliphatic carbocycles. The third-order valence-electron chi connectivity index (χ3n) is 4.99. The van der Waals surface area contributed by atoms with Crippen molar-refractivity contribution >= 4 is 18.0 Å². The van der Waals surface area contributed by atoms with Gasteiger partial charge in [-0.1, -0.05) is 12.1 Å². The summed E-state index contributed by atoms with van der Waals surface area (Å²) in [5.41, 5.74) is 3.13. The number of alkyl halides is 2. The van der Waals surface area contributed by atoms with Crippen LogP contribution >= 0.6 is 0 Å². The molecule has 10 heteroatoms. The molecule has 0 aliphatic rings. The lowest BCUT2D eigenvalue weighted by atomic mass is 10.1. The van der Waals surface area contributed by atoms with Gasteiger partial charge in [0.05, 0.1) is 6.61 Å². The van der Waals surface area contributed by atoms with E-state index in [2.05, 4.69) is 10.1 Å². The molecule has 0 bridgehead atoms. The lowest BCUT2D eigenvalue weighted by Gasteiger charge is -2.08. The lowest BCUT2D eigenvalue weighted by Crippen LogP contribution is -2.30. The molecule has 1 aromatic heterocycles. The van der Waals surface area contributed by atoms with Crippen LogP contribution < -0.4 is 10.1 Å². The summed E-state index contributed by atoms with van der Waals surface area (Å²) < 4.78 is 40.7. The van der Waals surface area contributed by atoms with Gasteiger partial charge in [-0.3, -0.25) is 4.79 Å². The molecule has 0 saturated heterocycles. The number of carbonyl (C=O) groups excluding carboxylic acids is 2. The van der Waals surface area contributed by atoms with E-state index in [9.17, 15) is 23.6 Å². The highest BCUT2D eigenvalue weighted by Crippen LogP contribution is 2.19. The molecule has 34 heavy (non-hydrogen) atoms. The largest absolute Gasteiger partial charge is 0.451 e. The van der Waals surface area contributed by atoms with Crippen molar-refractivity contribution in [3.05, 3.63) is 58.4 Å². The number of carbonyl (C=O) groups is 2. The van der Waals surface area contributed by atoms with E-state index in [1.165, 1.54) is 18.2 Å². The summed E-state index contributed by atoms with van der Waals surface area (Å²) >= 11 is 0. The number of hydrogen-bond donors (Lipinski definition) is 1. The molecule has 2 rings (SSSR count). The molecule has 0 radical (unpaired) electrons. The molecule has 0 spiro atoms. The van der Waals surface area contributed by atoms with E-state index in [0.717, 1.165) is 17.0 Å². The summed E-state index contributed by atoms with van der Waals surface area (Å²) in [7, 11) is 1.61. The number of esters is 1. The van der Waals surface area contributed by atoms with Gasteiger partial charge >= 0.3 is 12.6 Å². The molecule has 0 unspecified atom stereocenters. The van der Waals surface area contributed by atoms with E-state index >= 15 is 0 Å². The summed E-state index contributed by atoms with van der Waals surface area (Å²) in [6, 6.07) is 9.72. The number of nitrogens with one attached hydrogen (secondary N) is 1. The van der Waals surface area contributed by atoms with Gasteiger partial charge in [-0.05, 0) is 55.7 Å². The van der Waals surface area contributed by atoms with Gasteiger partial charge in [0, 0.05) is 31.6 Å². The van der Waals surface area contributed by atoms with Gasteiger partial charge in [0.2, 0.25) is 0 Å². The van der Waals surface area contributed by atoms with Crippen molar-refractivity contribution in [1.29, 1.82) is 5.26 Å². The summed E-state index contributed by atoms with van der Waals surface area (Å²) in [5.74, 6) is -1.37. The van der Waals surface area contributed by atoms with Crippen LogP contribution in [0.3, 0.4) is 0 Å². The standard InChI is InChI=1S/C24H27F2N3O5/c1-16-12-19(17(2)29(16)10-11-32-3)13-20(14-27)23(31)33-15-22(30)28-9-8-18-4-6-21(7-5-18)34-24(25)26/h4-7,12-13,24H,8-11,15H2,1-3H3,(H,28,30)/b20-13+. The number of benzene rings is 1. The molecule has 1 heterocycles. The highest BCUT2D eigenvalue weighted by Gasteiger charge is 2.15. The maximum Gasteiger partial charge on any atom is 0.387 e. The van der Waals surface area contributed by atoms with Gasteiger partial charge in [-0.2, -0.15) is 14.0 Å². The smallest absolute Gasteiger partial charge is 0.387 e. The molecule has 0 saturated carbocycles. The normalized spacial score (nSPS) is 11.3. The molecule has 1 aromatic carbocycles. The van der Waals surface area contributed by atoms with Crippen LogP contribution in [0.5, 0.6) is 5.75 Å². The fourth-order valence-electron chi connectivity index (χ4n) is 3.24. The van der Waals surface area contributed by atoms with Gasteiger partial charge in [-0.15, -0.1) is 0 Å². The Labute approximate surface area is 196 Å². The van der Waals surface area contributed by atoms with Crippen LogP contribution in [0.25, 0.3) is 6.08 Å². The summed E-state index contributed by atoms with van der Waals surface area (Å²) in [4.78, 5) is 24.3. The molecular formula is C24H27F2N3O5. The maximum atomic E-state index is 12.3. The van der Waals surface area contributed by atoms with Gasteiger partial charge in [0.25, 0.3) is 5.91 Å². The quantitative estimate of drug-likeness (QED) is 0.287. The molecule has 1 N–H and O–H groups in total. The molecule has 8 nitrogen and oxygen atoms in total. The second-order valence-corrected chi connectivity index (χ2v) is 7.34. The minimum Gasteiger partial charge on any atom is -0.451 e. The summed E-state index contributed by atoms with van der Waals surface area (Å²) in [6.07, 6.45) is 1.88. The highest BCUT2D eigenvalue weighted by molar-refractivity contribution is 5.99. The number of rotatable bonds is 12. The molecule has 2 aromatic rings. The van der Waals surface area contributed by atoms with Crippen molar-refractivity contribution in [3.63, 3.8) is 0 Å². The van der Waals surface area contributed by atoms with E-state index in [0.29, 0.717) is 25.1 Å². The number of methoxy groups -OCH3 is 1. The first-order chi connectivity index (χ1) is 16.2. The van der Waals surface area contributed by atoms with E-state index in [1.807, 2.05) is 30.6 Å². The lowest BCUT2D eigenvalue weighted by molar-refractivity contribution is -0.144. The fraction of sp³-hybridized carbons (Fsp3) is 0.375. The Morgan fingerprint density at radius 1 is 1.24 bits per heavy atom. The Bertz CT molecular complexity index is 1060. The van der Waals surface area contributed by atoms with Crippen LogP contribution in [0.1, 0.15) is 22.5 Å². The average Bonchev–Trinajstić information content (AvgIpc) is 3.07. The van der Waals surface area contributed by atoms with Gasteiger partial charge in [0.1, 0.15) is 17.4 Å². The predicted molar refractivity (Wildman–Crippen MR) is 120 cm³/mol. The number of nitrogens with zero attached hydrogens (tertiary/aromatic N) is 2. The molecule has 0 atom stereocenters. The first-order valence-corrected chi connectivity index (χ1v) is 10.5. The van der Waals surface area contributed by atoms with Crippen LogP contribution in [-0.4, -0.2) is 49.9 Å². The number of aromatic nitrogens is 1. The second-order valence-electron chi connectivity index (χ2n) is 7.34. The number of amides is 1. The molecule has 182 valence electrons. The molecular weight excluding hydrogens is 448 g/mol. The topological polar surface area (TPSA) is 103 Å². The Kier molecular flexibility index (Phi) is 10.2. The fourth-order valence-corrected chi connectivity index (χ4v) is 3.24. The van der Waals surface area contributed by atoms with E-state index < -0.39 is 25.1 Å². The SMILES string of the molecule is COCCn1c(C)cc(/C=C(\C#N)C(=O)OCC(=O)NCCc2ccc(OC(F)F)cc2)c1C. The van der Waals surface area contributed by atoms with Crippen molar-refractivity contribution in [2.45, 2.75) is 33.4 Å². The zero-order valence-electron chi connectivity index (χ0n) is 19.3. The zero-order chi connectivity index (χ0) is 25.1. The first-order valence-electron chi connectivity index (χ1n) is 10.5. The highest BCUT2D eigenvalue weighted by atomic mass is 19.3. The van der Waals surface area contributed by atoms with E-state index in [1.54, 1.807) is 19.2 Å². The third-order valence-corrected chi connectivity index (χ3v) is 4.99. The predicted octanol–water partition coefficient (Wildman–Crippen LogP) is 3.16. The molecule has 1 amide bonds. The molecule has 0 aliphatic heterocycles. The second kappa shape index (κ2) is 13.1. The Morgan fingerprint density at radius 2 is 1.94 bits per heavy atom. The maximum absolute atomic E-state index is 12.3. The Hall–Kier alpha value is -3.71. The van der Waals surface area contributed by atoms with Crippen molar-refractivity contribution in [3.8, 4) is 11.8 Å². The minimum atomic E-state index is -2.89. The van der Waals surface area contributed by atoms with Crippen molar-refractivity contribution in [2.24, 2.45) is 0 Å². The number of aryl methyl sites for hydroxylation is 1. The van der Waals surface area contributed by atoms with Crippen LogP contribution in [0.4, 0.5) is 8.78 Å². The van der Waals surface area contributed by atoms with Crippen LogP contribution in [0.2, 0.25) is 0 Å². The summed E-state index contributed by atoms with van der Waals surface area (Å²) in [6.45, 7) is 1.79. The number of nitriles is 1. The monoisotopic (exact) mass is 475 g/mol. The van der Waals surface area contributed by atoms with Crippen LogP contribution in [0, 0.1) is 25.2 Å². The van der Waals surface area contributed by atoms with E-state index in [4.69, 9.17) is 9.47 Å². The van der Waals surface area contributed by atoms with Crippen LogP contribution in [-0.2, 0) is 32.0 Å². The third kappa shape index (κ3) is 8.01. The number of halogens is 2. The van der Waals surface area contributed by atoms with Crippen molar-refractivity contribution < 1.29 is 32.6 Å². The van der Waals surface area contributed by atoms with Gasteiger partial charge < -0.3 is 24.1 Å². The van der Waals surface area contributed by atoms with Crippen molar-refractivity contribution in [1.82, 2.24) is 9.88 Å². The first kappa shape index (κ1) is 26.5. The zero-order valence-corrected chi connectivity index (χ0v) is 19.3. The minimum absolute atomic E-state index is 0.0490. The molecule has 0 fully saturated rings. The summed E-state index contributed by atoms with van der Waals surface area (Å²) in [5, 5.41) is 12.0. The number of ether oxygens (including phenoxy) is 3. The van der Waals surface area contributed by atoms with Crippen LogP contribution in [0.15, 0.2) is 35.9 Å². The Balaban J connectivity index is 1.84. The van der Waals surface area contributed by atoms with Crippen molar-refractivity contribution in [2.75, 3.05) is 26.9 Å². The van der Waals surface area contributed by atoms with Gasteiger partial charge in [-0.25, -0.2) is 4.79 Å². The van der Waals surface area contributed by atoms with E-state index in [-0.39, 0.29) is 17.9 Å². The average molecular weight is 475 g/mol.